The van der Waals surface area contributed by atoms with Gasteiger partial charge in [-0.15, -0.1) is 0 Å². The molecule has 0 saturated carbocycles. The van der Waals surface area contributed by atoms with E-state index in [-0.39, 0.29) is 44.5 Å². The first-order valence-corrected chi connectivity index (χ1v) is 10.7. The van der Waals surface area contributed by atoms with Gasteiger partial charge in [0.25, 0.3) is 0 Å². The average molecular weight is 451 g/mol. The monoisotopic (exact) mass is 451 g/mol. The quantitative estimate of drug-likeness (QED) is 0.690. The summed E-state index contributed by atoms with van der Waals surface area (Å²) in [6.07, 6.45) is -0.792. The summed E-state index contributed by atoms with van der Waals surface area (Å²) in [5, 5.41) is 11.9. The zero-order chi connectivity index (χ0) is 23.5. The Hall–Kier alpha value is -3.88. The van der Waals surface area contributed by atoms with E-state index < -0.39 is 24.0 Å². The van der Waals surface area contributed by atoms with Crippen LogP contribution in [0.1, 0.15) is 23.5 Å². The average Bonchev–Trinajstić information content (AvgIpc) is 3.12. The number of aliphatic carboxylic acids is 1. The number of rotatable bonds is 6. The molecule has 172 valence electrons. The third-order valence-electron chi connectivity index (χ3n) is 6.11. The normalized spacial score (nSPS) is 17.4. The molecule has 9 heteroatoms. The number of hydrogen-bond acceptors (Lipinski definition) is 5. The van der Waals surface area contributed by atoms with Gasteiger partial charge in [0.15, 0.2) is 0 Å². The van der Waals surface area contributed by atoms with Crippen molar-refractivity contribution in [1.29, 1.82) is 0 Å². The molecule has 3 amide bonds. The molecule has 1 fully saturated rings. The fourth-order valence-electron chi connectivity index (χ4n) is 4.37. The van der Waals surface area contributed by atoms with Gasteiger partial charge in [-0.05, 0) is 22.3 Å². The first kappa shape index (κ1) is 22.3. The number of carboxylic acids is 1. The fraction of sp³-hybridized carbons (Fsp3) is 0.333. The van der Waals surface area contributed by atoms with Crippen LogP contribution in [0.15, 0.2) is 48.5 Å². The first-order valence-electron chi connectivity index (χ1n) is 10.7. The summed E-state index contributed by atoms with van der Waals surface area (Å²) in [6.45, 7) is -0.235. The lowest BCUT2D eigenvalue weighted by Crippen LogP contribution is -2.59. The van der Waals surface area contributed by atoms with E-state index in [1.54, 1.807) is 0 Å². The standard InChI is InChI=1S/C24H25N3O6/c1-26-12-20(23(30)31)27(13-22(26)29)21(28)10-11-25-24(32)33-14-19-17-8-4-2-6-15(17)16-7-3-5-9-18(16)19/h2-9,19-20H,10-14H2,1H3,(H,25,32)(H,30,31). The third kappa shape index (κ3) is 4.52. The van der Waals surface area contributed by atoms with Gasteiger partial charge >= 0.3 is 12.1 Å². The molecule has 0 aromatic heterocycles. The van der Waals surface area contributed by atoms with Crippen molar-refractivity contribution in [1.82, 2.24) is 15.1 Å². The van der Waals surface area contributed by atoms with Gasteiger partial charge < -0.3 is 25.0 Å². The van der Waals surface area contributed by atoms with Crippen LogP contribution in [0.5, 0.6) is 0 Å². The van der Waals surface area contributed by atoms with Crippen LogP contribution < -0.4 is 5.32 Å². The fourth-order valence-corrected chi connectivity index (χ4v) is 4.37. The van der Waals surface area contributed by atoms with E-state index in [0.717, 1.165) is 27.2 Å². The number of nitrogens with one attached hydrogen (secondary N) is 1. The highest BCUT2D eigenvalue weighted by Crippen LogP contribution is 2.44. The number of fused-ring (bicyclic) bond motifs is 3. The number of alkyl carbamates (subject to hydrolysis) is 1. The number of carbonyl (C=O) groups excluding carboxylic acids is 3. The molecule has 9 nitrogen and oxygen atoms in total. The number of carboxylic acid groups (broad SMARTS) is 1. The van der Waals surface area contributed by atoms with E-state index in [0.29, 0.717) is 0 Å². The molecule has 1 aliphatic carbocycles. The molecule has 1 aliphatic heterocycles. The summed E-state index contributed by atoms with van der Waals surface area (Å²) >= 11 is 0. The Morgan fingerprint density at radius 1 is 1.06 bits per heavy atom. The molecule has 1 unspecified atom stereocenters. The van der Waals surface area contributed by atoms with Gasteiger partial charge in [0.05, 0.1) is 6.54 Å². The van der Waals surface area contributed by atoms with Crippen molar-refractivity contribution in [2.45, 2.75) is 18.4 Å². The number of ether oxygens (including phenoxy) is 1. The number of piperazine rings is 1. The summed E-state index contributed by atoms with van der Waals surface area (Å²) in [5.41, 5.74) is 4.45. The Bertz CT molecular complexity index is 1060. The number of likely N-dealkylation sites (N-methyl/N-ethyl adjacent to an activating group) is 1. The molecule has 33 heavy (non-hydrogen) atoms. The molecular weight excluding hydrogens is 426 g/mol. The van der Waals surface area contributed by atoms with Gasteiger partial charge in [-0.2, -0.15) is 0 Å². The van der Waals surface area contributed by atoms with Crippen molar-refractivity contribution >= 4 is 23.9 Å². The first-order chi connectivity index (χ1) is 15.9. The zero-order valence-corrected chi connectivity index (χ0v) is 18.2. The van der Waals surface area contributed by atoms with Crippen molar-refractivity contribution in [3.8, 4) is 11.1 Å². The Morgan fingerprint density at radius 3 is 2.27 bits per heavy atom. The molecule has 2 aromatic rings. The van der Waals surface area contributed by atoms with Crippen molar-refractivity contribution in [2.24, 2.45) is 0 Å². The summed E-state index contributed by atoms with van der Waals surface area (Å²) in [5.74, 6) is -2.09. The second-order valence-electron chi connectivity index (χ2n) is 8.15. The Balaban J connectivity index is 1.29. The summed E-state index contributed by atoms with van der Waals surface area (Å²) in [7, 11) is 1.50. The van der Waals surface area contributed by atoms with Gasteiger partial charge in [-0.3, -0.25) is 9.59 Å². The molecule has 1 atom stereocenters. The SMILES string of the molecule is CN1CC(C(=O)O)N(C(=O)CCNC(=O)OCC2c3ccccc3-c3ccccc32)CC1=O. The van der Waals surface area contributed by atoms with E-state index in [4.69, 9.17) is 4.74 Å². The molecular formula is C24H25N3O6. The van der Waals surface area contributed by atoms with E-state index >= 15 is 0 Å². The molecule has 1 heterocycles. The highest BCUT2D eigenvalue weighted by molar-refractivity contribution is 5.91. The van der Waals surface area contributed by atoms with Crippen LogP contribution in [-0.4, -0.2) is 78.1 Å². The molecule has 2 aromatic carbocycles. The van der Waals surface area contributed by atoms with Crippen LogP contribution in [-0.2, 0) is 19.1 Å². The molecule has 4 rings (SSSR count). The smallest absolute Gasteiger partial charge is 0.407 e. The minimum absolute atomic E-state index is 0.0254. The Morgan fingerprint density at radius 2 is 1.67 bits per heavy atom. The van der Waals surface area contributed by atoms with Crippen LogP contribution in [0.25, 0.3) is 11.1 Å². The largest absolute Gasteiger partial charge is 0.480 e. The predicted octanol–water partition coefficient (Wildman–Crippen LogP) is 1.67. The molecule has 2 N–H and O–H groups in total. The number of nitrogens with zero attached hydrogens (tertiary/aromatic N) is 2. The third-order valence-corrected chi connectivity index (χ3v) is 6.11. The zero-order valence-electron chi connectivity index (χ0n) is 18.2. The maximum Gasteiger partial charge on any atom is 0.407 e. The number of hydrogen-bond donors (Lipinski definition) is 2. The second-order valence-corrected chi connectivity index (χ2v) is 8.15. The van der Waals surface area contributed by atoms with Crippen molar-refractivity contribution in [3.63, 3.8) is 0 Å². The van der Waals surface area contributed by atoms with Crippen LogP contribution in [0, 0.1) is 0 Å². The van der Waals surface area contributed by atoms with Gasteiger partial charge in [-0.25, -0.2) is 9.59 Å². The summed E-state index contributed by atoms with van der Waals surface area (Å²) in [4.78, 5) is 50.4. The second kappa shape index (κ2) is 9.32. The Kier molecular flexibility index (Phi) is 6.30. The van der Waals surface area contributed by atoms with Gasteiger partial charge in [0, 0.05) is 25.9 Å². The van der Waals surface area contributed by atoms with E-state index in [1.807, 2.05) is 48.5 Å². The van der Waals surface area contributed by atoms with Crippen molar-refractivity contribution < 1.29 is 29.0 Å². The Labute approximate surface area is 190 Å². The summed E-state index contributed by atoms with van der Waals surface area (Å²) in [6, 6.07) is 14.9. The van der Waals surface area contributed by atoms with Crippen LogP contribution in [0.3, 0.4) is 0 Å². The maximum absolute atomic E-state index is 12.5. The lowest BCUT2D eigenvalue weighted by atomic mass is 9.98. The van der Waals surface area contributed by atoms with Gasteiger partial charge in [0.1, 0.15) is 19.2 Å². The summed E-state index contributed by atoms with van der Waals surface area (Å²) < 4.78 is 5.43. The molecule has 0 spiro atoms. The van der Waals surface area contributed by atoms with Crippen molar-refractivity contribution in [3.05, 3.63) is 59.7 Å². The molecule has 0 bridgehead atoms. The van der Waals surface area contributed by atoms with Crippen molar-refractivity contribution in [2.75, 3.05) is 33.3 Å². The topological polar surface area (TPSA) is 116 Å². The minimum Gasteiger partial charge on any atom is -0.480 e. The molecule has 0 radical (unpaired) electrons. The highest BCUT2D eigenvalue weighted by atomic mass is 16.5. The highest BCUT2D eigenvalue weighted by Gasteiger charge is 2.37. The van der Waals surface area contributed by atoms with Gasteiger partial charge in [-0.1, -0.05) is 48.5 Å². The van der Waals surface area contributed by atoms with E-state index in [9.17, 15) is 24.3 Å². The van der Waals surface area contributed by atoms with Crippen LogP contribution >= 0.6 is 0 Å². The molecule has 1 saturated heterocycles. The minimum atomic E-state index is -1.17. The predicted molar refractivity (Wildman–Crippen MR) is 118 cm³/mol. The van der Waals surface area contributed by atoms with Gasteiger partial charge in [0.2, 0.25) is 11.8 Å². The van der Waals surface area contributed by atoms with Crippen LogP contribution in [0.4, 0.5) is 4.79 Å². The van der Waals surface area contributed by atoms with E-state index in [2.05, 4.69) is 5.32 Å². The van der Waals surface area contributed by atoms with Crippen LogP contribution in [0.2, 0.25) is 0 Å². The lowest BCUT2D eigenvalue weighted by Gasteiger charge is -2.37. The van der Waals surface area contributed by atoms with E-state index in [1.165, 1.54) is 11.9 Å². The number of carbonyl (C=O) groups is 4. The number of amides is 3. The lowest BCUT2D eigenvalue weighted by molar-refractivity contribution is -0.158. The maximum atomic E-state index is 12.5. The molecule has 2 aliphatic rings. The number of benzene rings is 2.